The highest BCUT2D eigenvalue weighted by molar-refractivity contribution is 5.41. The van der Waals surface area contributed by atoms with Gasteiger partial charge in [0.25, 0.3) is 0 Å². The molecule has 21 heavy (non-hydrogen) atoms. The van der Waals surface area contributed by atoms with Crippen LogP contribution in [-0.4, -0.2) is 4.98 Å². The van der Waals surface area contributed by atoms with E-state index in [2.05, 4.69) is 4.98 Å². The summed E-state index contributed by atoms with van der Waals surface area (Å²) in [5, 5.41) is 0. The third kappa shape index (κ3) is 2.86. The zero-order chi connectivity index (χ0) is 15.0. The summed E-state index contributed by atoms with van der Waals surface area (Å²) < 4.78 is 43.4. The summed E-state index contributed by atoms with van der Waals surface area (Å²) in [5.41, 5.74) is 2.17. The second kappa shape index (κ2) is 5.06. The number of alkyl halides is 3. The van der Waals surface area contributed by atoms with Crippen molar-refractivity contribution >= 4 is 0 Å². The molecule has 1 aromatic carbocycles. The molecule has 0 N–H and O–H groups in total. The van der Waals surface area contributed by atoms with Crippen molar-refractivity contribution in [3.63, 3.8) is 0 Å². The molecule has 3 rings (SSSR count). The number of pyridine rings is 1. The van der Waals surface area contributed by atoms with Crippen molar-refractivity contribution in [2.24, 2.45) is 0 Å². The second-order valence-corrected chi connectivity index (χ2v) is 5.23. The van der Waals surface area contributed by atoms with Gasteiger partial charge in [-0.1, -0.05) is 6.07 Å². The number of aryl methyl sites for hydroxylation is 3. The lowest BCUT2D eigenvalue weighted by molar-refractivity contribution is -0.137. The molecule has 0 atom stereocenters. The quantitative estimate of drug-likeness (QED) is 0.801. The maximum absolute atomic E-state index is 12.6. The minimum absolute atomic E-state index is 0.209. The average molecular weight is 293 g/mol. The largest absolute Gasteiger partial charge is 0.439 e. The zero-order valence-electron chi connectivity index (χ0n) is 11.5. The van der Waals surface area contributed by atoms with Crippen molar-refractivity contribution in [3.8, 4) is 11.6 Å². The lowest BCUT2D eigenvalue weighted by Crippen LogP contribution is -2.06. The number of rotatable bonds is 2. The lowest BCUT2D eigenvalue weighted by atomic mass is 10.1. The maximum Gasteiger partial charge on any atom is 0.417 e. The molecular formula is C16H14F3NO. The van der Waals surface area contributed by atoms with E-state index in [9.17, 15) is 13.2 Å². The smallest absolute Gasteiger partial charge is 0.417 e. The monoisotopic (exact) mass is 293 g/mol. The number of nitrogens with zero attached hydrogens (tertiary/aromatic N) is 1. The molecule has 0 amide bonds. The Hall–Kier alpha value is -2.04. The van der Waals surface area contributed by atoms with Crippen LogP contribution in [0.1, 0.15) is 28.7 Å². The molecule has 0 bridgehead atoms. The van der Waals surface area contributed by atoms with Crippen molar-refractivity contribution < 1.29 is 17.9 Å². The van der Waals surface area contributed by atoms with Gasteiger partial charge in [-0.15, -0.1) is 0 Å². The van der Waals surface area contributed by atoms with Crippen LogP contribution in [-0.2, 0) is 19.0 Å². The molecule has 2 aromatic rings. The molecule has 0 fully saturated rings. The van der Waals surface area contributed by atoms with Gasteiger partial charge in [-0.2, -0.15) is 13.2 Å². The molecule has 0 saturated carbocycles. The number of benzene rings is 1. The van der Waals surface area contributed by atoms with Crippen LogP contribution in [0.3, 0.4) is 0 Å². The van der Waals surface area contributed by atoms with E-state index >= 15 is 0 Å². The third-order valence-electron chi connectivity index (χ3n) is 3.64. The van der Waals surface area contributed by atoms with Gasteiger partial charge in [0, 0.05) is 11.8 Å². The molecule has 5 heteroatoms. The lowest BCUT2D eigenvalue weighted by Gasteiger charge is -2.11. The number of aromatic nitrogens is 1. The molecule has 0 aliphatic heterocycles. The van der Waals surface area contributed by atoms with Crippen LogP contribution in [0.15, 0.2) is 30.5 Å². The molecular weight excluding hydrogens is 279 g/mol. The minimum atomic E-state index is -4.39. The molecule has 110 valence electrons. The van der Waals surface area contributed by atoms with E-state index in [-0.39, 0.29) is 5.88 Å². The number of halogens is 3. The van der Waals surface area contributed by atoms with Crippen LogP contribution in [0.2, 0.25) is 0 Å². The number of fused-ring (bicyclic) bond motifs is 1. The number of hydrogen-bond acceptors (Lipinski definition) is 2. The average Bonchev–Trinajstić information content (AvgIpc) is 2.87. The van der Waals surface area contributed by atoms with Gasteiger partial charge in [0.15, 0.2) is 0 Å². The van der Waals surface area contributed by atoms with Gasteiger partial charge in [0.1, 0.15) is 5.75 Å². The van der Waals surface area contributed by atoms with Crippen molar-refractivity contribution in [2.45, 2.75) is 32.4 Å². The van der Waals surface area contributed by atoms with Gasteiger partial charge in [-0.05, 0) is 55.5 Å². The Morgan fingerprint density at radius 2 is 1.86 bits per heavy atom. The first-order valence-electron chi connectivity index (χ1n) is 6.77. The normalized spacial score (nSPS) is 14.1. The summed E-state index contributed by atoms with van der Waals surface area (Å²) >= 11 is 0. The summed E-state index contributed by atoms with van der Waals surface area (Å²) in [4.78, 5) is 3.79. The number of ether oxygens (including phenoxy) is 1. The topological polar surface area (TPSA) is 22.1 Å². The van der Waals surface area contributed by atoms with Gasteiger partial charge < -0.3 is 4.74 Å². The fraction of sp³-hybridized carbons (Fsp3) is 0.312. The van der Waals surface area contributed by atoms with Crippen molar-refractivity contribution in [3.05, 3.63) is 52.7 Å². The van der Waals surface area contributed by atoms with Gasteiger partial charge in [0.05, 0.1) is 5.56 Å². The Morgan fingerprint density at radius 1 is 1.10 bits per heavy atom. The first-order chi connectivity index (χ1) is 9.93. The van der Waals surface area contributed by atoms with Gasteiger partial charge in [-0.25, -0.2) is 4.98 Å². The summed E-state index contributed by atoms with van der Waals surface area (Å²) in [6.07, 6.45) is -0.352. The zero-order valence-corrected chi connectivity index (χ0v) is 11.5. The molecule has 0 radical (unpaired) electrons. The Bertz CT molecular complexity index is 680. The molecule has 1 aliphatic carbocycles. The van der Waals surface area contributed by atoms with E-state index in [1.807, 2.05) is 18.2 Å². The highest BCUT2D eigenvalue weighted by atomic mass is 19.4. The van der Waals surface area contributed by atoms with E-state index in [1.54, 1.807) is 6.92 Å². The third-order valence-corrected chi connectivity index (χ3v) is 3.64. The van der Waals surface area contributed by atoms with Crippen LogP contribution in [0.25, 0.3) is 0 Å². The summed E-state index contributed by atoms with van der Waals surface area (Å²) in [6, 6.07) is 6.84. The Kier molecular flexibility index (Phi) is 3.35. The fourth-order valence-electron chi connectivity index (χ4n) is 2.55. The van der Waals surface area contributed by atoms with Crippen LogP contribution in [0, 0.1) is 6.92 Å². The summed E-state index contributed by atoms with van der Waals surface area (Å²) in [5.74, 6) is 0.826. The van der Waals surface area contributed by atoms with Crippen LogP contribution in [0.5, 0.6) is 11.6 Å². The Balaban J connectivity index is 1.85. The second-order valence-electron chi connectivity index (χ2n) is 5.23. The standard InChI is InChI=1S/C16H14F3NO/c1-10-7-13(16(17,18)19)9-20-15(10)21-14-6-5-11-3-2-4-12(11)8-14/h5-9H,2-4H2,1H3. The van der Waals surface area contributed by atoms with Gasteiger partial charge in [-0.3, -0.25) is 0 Å². The Labute approximate surface area is 120 Å². The van der Waals surface area contributed by atoms with E-state index in [0.29, 0.717) is 11.3 Å². The van der Waals surface area contributed by atoms with Crippen LogP contribution >= 0.6 is 0 Å². The predicted molar refractivity (Wildman–Crippen MR) is 72.5 cm³/mol. The highest BCUT2D eigenvalue weighted by Gasteiger charge is 2.31. The molecule has 0 spiro atoms. The van der Waals surface area contributed by atoms with E-state index < -0.39 is 11.7 Å². The molecule has 1 aliphatic rings. The molecule has 0 saturated heterocycles. The number of hydrogen-bond donors (Lipinski definition) is 0. The fourth-order valence-corrected chi connectivity index (χ4v) is 2.55. The van der Waals surface area contributed by atoms with Crippen molar-refractivity contribution in [1.82, 2.24) is 4.98 Å². The van der Waals surface area contributed by atoms with Gasteiger partial charge >= 0.3 is 6.18 Å². The minimum Gasteiger partial charge on any atom is -0.439 e. The molecule has 1 heterocycles. The van der Waals surface area contributed by atoms with Crippen molar-refractivity contribution in [2.75, 3.05) is 0 Å². The van der Waals surface area contributed by atoms with Gasteiger partial charge in [0.2, 0.25) is 5.88 Å². The molecule has 2 nitrogen and oxygen atoms in total. The van der Waals surface area contributed by atoms with E-state index in [4.69, 9.17) is 4.74 Å². The van der Waals surface area contributed by atoms with Crippen LogP contribution < -0.4 is 4.74 Å². The molecule has 0 unspecified atom stereocenters. The van der Waals surface area contributed by atoms with Crippen molar-refractivity contribution in [1.29, 1.82) is 0 Å². The van der Waals surface area contributed by atoms with Crippen LogP contribution in [0.4, 0.5) is 13.2 Å². The predicted octanol–water partition coefficient (Wildman–Crippen LogP) is 4.69. The summed E-state index contributed by atoms with van der Waals surface area (Å²) in [7, 11) is 0. The maximum atomic E-state index is 12.6. The summed E-state index contributed by atoms with van der Waals surface area (Å²) in [6.45, 7) is 1.56. The highest BCUT2D eigenvalue weighted by Crippen LogP contribution is 2.33. The Morgan fingerprint density at radius 3 is 2.57 bits per heavy atom. The first kappa shape index (κ1) is 13.9. The van der Waals surface area contributed by atoms with E-state index in [0.717, 1.165) is 31.5 Å². The SMILES string of the molecule is Cc1cc(C(F)(F)F)cnc1Oc1ccc2c(c1)CCC2. The first-order valence-corrected chi connectivity index (χ1v) is 6.77. The van der Waals surface area contributed by atoms with E-state index in [1.165, 1.54) is 11.1 Å². The molecule has 1 aromatic heterocycles.